The molecule has 168 valence electrons. The Morgan fingerprint density at radius 1 is 1.00 bits per heavy atom. The number of aryl methyl sites for hydroxylation is 3. The van der Waals surface area contributed by atoms with E-state index in [9.17, 15) is 19.3 Å². The van der Waals surface area contributed by atoms with Crippen molar-refractivity contribution in [3.05, 3.63) is 70.3 Å². The van der Waals surface area contributed by atoms with Gasteiger partial charge in [-0.1, -0.05) is 81.1 Å². The minimum absolute atomic E-state index is 0.320. The van der Waals surface area contributed by atoms with Crippen molar-refractivity contribution in [2.24, 2.45) is 5.92 Å². The SMILES string of the molecule is CCCCC(CC)CP=O.Cc1cc(C)c(C(=O)C(C(=O)O)c2ccccc2)c(C)c1. The van der Waals surface area contributed by atoms with Crippen LogP contribution in [0, 0.1) is 26.7 Å². The summed E-state index contributed by atoms with van der Waals surface area (Å²) < 4.78 is 10.2. The van der Waals surface area contributed by atoms with E-state index in [1.165, 1.54) is 25.7 Å². The molecule has 0 radical (unpaired) electrons. The Kier molecular flexibility index (Phi) is 12.0. The summed E-state index contributed by atoms with van der Waals surface area (Å²) in [5, 5.41) is 9.47. The average molecular weight is 443 g/mol. The van der Waals surface area contributed by atoms with E-state index < -0.39 is 11.9 Å². The van der Waals surface area contributed by atoms with Gasteiger partial charge < -0.3 is 5.11 Å². The molecule has 2 unspecified atom stereocenters. The second kappa shape index (κ2) is 13.9. The van der Waals surface area contributed by atoms with Crippen LogP contribution in [0.5, 0.6) is 0 Å². The number of carboxylic acid groups (broad SMARTS) is 1. The number of benzene rings is 2. The molecule has 1 N–H and O–H groups in total. The molecule has 2 aromatic carbocycles. The van der Waals surface area contributed by atoms with Gasteiger partial charge in [-0.05, 0) is 49.8 Å². The van der Waals surface area contributed by atoms with E-state index in [0.717, 1.165) is 22.9 Å². The van der Waals surface area contributed by atoms with Crippen LogP contribution >= 0.6 is 8.46 Å². The molecule has 0 aliphatic heterocycles. The first-order valence-corrected chi connectivity index (χ1v) is 11.9. The Morgan fingerprint density at radius 2 is 1.58 bits per heavy atom. The molecule has 0 aromatic heterocycles. The molecule has 2 atom stereocenters. The van der Waals surface area contributed by atoms with Crippen LogP contribution in [0.15, 0.2) is 42.5 Å². The van der Waals surface area contributed by atoms with Crippen molar-refractivity contribution in [3.63, 3.8) is 0 Å². The standard InChI is InChI=1S/C18H18O3.C8H17OP/c1-11-9-12(2)15(13(3)10-11)17(19)16(18(20)21)14-7-5-4-6-8-14;1-3-5-6-8(4-2)7-10-9/h4-10,16H,1-3H3,(H,20,21);8H,3-7H2,1-2H3. The highest BCUT2D eigenvalue weighted by Gasteiger charge is 2.30. The van der Waals surface area contributed by atoms with Crippen LogP contribution in [-0.4, -0.2) is 23.0 Å². The van der Waals surface area contributed by atoms with E-state index in [-0.39, 0.29) is 5.78 Å². The summed E-state index contributed by atoms with van der Waals surface area (Å²) in [6.07, 6.45) is 5.83. The van der Waals surface area contributed by atoms with Crippen molar-refractivity contribution in [2.45, 2.75) is 66.2 Å². The fourth-order valence-electron chi connectivity index (χ4n) is 3.79. The third kappa shape index (κ3) is 8.38. The van der Waals surface area contributed by atoms with Crippen LogP contribution in [0.4, 0.5) is 0 Å². The second-order valence-electron chi connectivity index (χ2n) is 8.05. The minimum Gasteiger partial charge on any atom is -0.480 e. The van der Waals surface area contributed by atoms with Gasteiger partial charge in [-0.25, -0.2) is 0 Å². The van der Waals surface area contributed by atoms with Crippen LogP contribution in [-0.2, 0) is 9.36 Å². The molecular formula is C26H35O4P. The van der Waals surface area contributed by atoms with Crippen molar-refractivity contribution in [3.8, 4) is 0 Å². The molecule has 0 saturated carbocycles. The number of carbonyl (C=O) groups excluding carboxylic acids is 1. The first-order chi connectivity index (χ1) is 14.8. The fourth-order valence-corrected chi connectivity index (χ4v) is 4.44. The van der Waals surface area contributed by atoms with Crippen molar-refractivity contribution < 1.29 is 19.3 Å². The molecule has 4 nitrogen and oxygen atoms in total. The first-order valence-electron chi connectivity index (χ1n) is 11.0. The van der Waals surface area contributed by atoms with E-state index >= 15 is 0 Å². The van der Waals surface area contributed by atoms with E-state index in [0.29, 0.717) is 25.5 Å². The van der Waals surface area contributed by atoms with Crippen molar-refractivity contribution >= 4 is 20.2 Å². The Labute approximate surface area is 188 Å². The summed E-state index contributed by atoms with van der Waals surface area (Å²) in [6.45, 7) is 10.0. The molecule has 0 saturated heterocycles. The summed E-state index contributed by atoms with van der Waals surface area (Å²) in [5.41, 5.74) is 3.72. The molecule has 0 spiro atoms. The summed E-state index contributed by atoms with van der Waals surface area (Å²) in [4.78, 5) is 24.3. The van der Waals surface area contributed by atoms with E-state index in [1.54, 1.807) is 30.3 Å². The molecule has 2 rings (SSSR count). The van der Waals surface area contributed by atoms with Crippen molar-refractivity contribution in [2.75, 3.05) is 6.16 Å². The molecule has 0 amide bonds. The number of aliphatic carboxylic acids is 1. The predicted octanol–water partition coefficient (Wildman–Crippen LogP) is 7.16. The Bertz CT molecular complexity index is 838. The molecule has 0 fully saturated rings. The number of rotatable bonds is 10. The van der Waals surface area contributed by atoms with Crippen molar-refractivity contribution in [1.82, 2.24) is 0 Å². The van der Waals surface area contributed by atoms with Crippen molar-refractivity contribution in [1.29, 1.82) is 0 Å². The minimum atomic E-state index is -1.16. The van der Waals surface area contributed by atoms with Gasteiger partial charge in [0.25, 0.3) is 0 Å². The average Bonchev–Trinajstić information content (AvgIpc) is 2.71. The fraction of sp³-hybridized carbons (Fsp3) is 0.462. The smallest absolute Gasteiger partial charge is 0.318 e. The largest absolute Gasteiger partial charge is 0.480 e. The third-order valence-corrected chi connectivity index (χ3v) is 6.11. The number of hydrogen-bond acceptors (Lipinski definition) is 3. The van der Waals surface area contributed by atoms with E-state index in [1.807, 2.05) is 32.9 Å². The third-order valence-electron chi connectivity index (χ3n) is 5.44. The van der Waals surface area contributed by atoms with Crippen LogP contribution < -0.4 is 0 Å². The highest BCUT2D eigenvalue weighted by Crippen LogP contribution is 2.26. The molecule has 5 heteroatoms. The van der Waals surface area contributed by atoms with Crippen LogP contribution in [0.3, 0.4) is 0 Å². The molecular weight excluding hydrogens is 407 g/mol. The number of carboxylic acids is 1. The van der Waals surface area contributed by atoms with Gasteiger partial charge in [-0.15, -0.1) is 0 Å². The van der Waals surface area contributed by atoms with Gasteiger partial charge in [-0.3, -0.25) is 14.2 Å². The highest BCUT2D eigenvalue weighted by atomic mass is 31.1. The predicted molar refractivity (Wildman–Crippen MR) is 128 cm³/mol. The zero-order valence-corrected chi connectivity index (χ0v) is 20.2. The molecule has 2 aromatic rings. The number of carbonyl (C=O) groups is 2. The number of Topliss-reactive ketones (excluding diaryl/α,β-unsaturated/α-hetero) is 1. The van der Waals surface area contributed by atoms with Gasteiger partial charge in [0.15, 0.2) is 14.2 Å². The lowest BCUT2D eigenvalue weighted by molar-refractivity contribution is -0.137. The lowest BCUT2D eigenvalue weighted by Crippen LogP contribution is -2.23. The summed E-state index contributed by atoms with van der Waals surface area (Å²) >= 11 is 0. The van der Waals surface area contributed by atoms with Gasteiger partial charge in [0, 0.05) is 11.7 Å². The number of ketones is 1. The highest BCUT2D eigenvalue weighted by molar-refractivity contribution is 7.23. The summed E-state index contributed by atoms with van der Waals surface area (Å²) in [7, 11) is 0.320. The molecule has 0 aliphatic carbocycles. The second-order valence-corrected chi connectivity index (χ2v) is 8.67. The van der Waals surface area contributed by atoms with Gasteiger partial charge in [0.1, 0.15) is 5.92 Å². The maximum Gasteiger partial charge on any atom is 0.318 e. The summed E-state index contributed by atoms with van der Waals surface area (Å²) in [6, 6.07) is 12.5. The van der Waals surface area contributed by atoms with Gasteiger partial charge in [0.2, 0.25) is 0 Å². The van der Waals surface area contributed by atoms with Crippen LogP contribution in [0.25, 0.3) is 0 Å². The first kappa shape index (κ1) is 26.7. The zero-order valence-electron chi connectivity index (χ0n) is 19.4. The van der Waals surface area contributed by atoms with Gasteiger partial charge >= 0.3 is 5.97 Å². The number of hydrogen-bond donors (Lipinski definition) is 1. The van der Waals surface area contributed by atoms with Gasteiger partial charge in [-0.2, -0.15) is 0 Å². The van der Waals surface area contributed by atoms with E-state index in [4.69, 9.17) is 0 Å². The maximum absolute atomic E-state index is 12.8. The molecule has 0 heterocycles. The van der Waals surface area contributed by atoms with Crippen LogP contribution in [0.2, 0.25) is 0 Å². The Hall–Kier alpha value is -2.32. The molecule has 31 heavy (non-hydrogen) atoms. The molecule has 0 bridgehead atoms. The zero-order chi connectivity index (χ0) is 23.4. The van der Waals surface area contributed by atoms with E-state index in [2.05, 4.69) is 13.8 Å². The lowest BCUT2D eigenvalue weighted by atomic mass is 9.86. The van der Waals surface area contributed by atoms with Crippen LogP contribution in [0.1, 0.15) is 78.1 Å². The summed E-state index contributed by atoms with van der Waals surface area (Å²) in [5.74, 6) is -1.94. The maximum atomic E-state index is 12.8. The topological polar surface area (TPSA) is 71.4 Å². The Balaban J connectivity index is 0.000000407. The molecule has 0 aliphatic rings. The number of unbranched alkanes of at least 4 members (excludes halogenated alkanes) is 1. The normalized spacial score (nSPS) is 12.5. The Morgan fingerprint density at radius 3 is 2.03 bits per heavy atom. The van der Waals surface area contributed by atoms with Gasteiger partial charge in [0.05, 0.1) is 0 Å². The lowest BCUT2D eigenvalue weighted by Gasteiger charge is -2.16. The quantitative estimate of drug-likeness (QED) is 0.241. The monoisotopic (exact) mass is 442 g/mol.